The molecule has 0 N–H and O–H groups in total. The van der Waals surface area contributed by atoms with E-state index in [2.05, 4.69) is 19.1 Å². The zero-order chi connectivity index (χ0) is 18.6. The van der Waals surface area contributed by atoms with E-state index in [1.807, 2.05) is 12.1 Å². The van der Waals surface area contributed by atoms with Gasteiger partial charge in [0.25, 0.3) is 6.08 Å². The van der Waals surface area contributed by atoms with Gasteiger partial charge in [-0.25, -0.2) is 0 Å². The number of rotatable bonds is 11. The van der Waals surface area contributed by atoms with E-state index in [1.165, 1.54) is 82.6 Å². The maximum Gasteiger partial charge on any atom is 0.266 e. The second-order valence-electron chi connectivity index (χ2n) is 8.07. The standard InChI is InChI=1S/C24H36F2/c1-2-3-4-5-6-7-8-9-20-10-15-22(16-11-20)23-17-12-21(13-18-23)14-19-24(25)26/h12-13,17-20,22H,2-11,14-16H2,1H3. The van der Waals surface area contributed by atoms with Crippen molar-refractivity contribution in [3.05, 3.63) is 47.5 Å². The fourth-order valence-electron chi connectivity index (χ4n) is 4.30. The quantitative estimate of drug-likeness (QED) is 0.346. The average Bonchev–Trinajstić information content (AvgIpc) is 2.66. The summed E-state index contributed by atoms with van der Waals surface area (Å²) in [5.41, 5.74) is 2.36. The van der Waals surface area contributed by atoms with Gasteiger partial charge in [-0.1, -0.05) is 82.6 Å². The van der Waals surface area contributed by atoms with E-state index in [-0.39, 0.29) is 0 Å². The first-order valence-corrected chi connectivity index (χ1v) is 10.8. The molecule has 1 aromatic carbocycles. The topological polar surface area (TPSA) is 0 Å². The van der Waals surface area contributed by atoms with Gasteiger partial charge in [-0.2, -0.15) is 8.78 Å². The summed E-state index contributed by atoms with van der Waals surface area (Å²) in [6, 6.07) is 8.33. The van der Waals surface area contributed by atoms with Crippen molar-refractivity contribution in [2.24, 2.45) is 5.92 Å². The first kappa shape index (κ1) is 21.1. The normalized spacial score (nSPS) is 20.1. The minimum Gasteiger partial charge on any atom is -0.174 e. The lowest BCUT2D eigenvalue weighted by molar-refractivity contribution is 0.302. The summed E-state index contributed by atoms with van der Waals surface area (Å²) in [5.74, 6) is 1.60. The van der Waals surface area contributed by atoms with Gasteiger partial charge in [0, 0.05) is 0 Å². The Balaban J connectivity index is 1.62. The van der Waals surface area contributed by atoms with Crippen molar-refractivity contribution in [1.82, 2.24) is 0 Å². The maximum absolute atomic E-state index is 12.2. The van der Waals surface area contributed by atoms with Crippen LogP contribution < -0.4 is 0 Å². The molecule has 1 aromatic rings. The first-order chi connectivity index (χ1) is 12.7. The van der Waals surface area contributed by atoms with E-state index >= 15 is 0 Å². The van der Waals surface area contributed by atoms with Crippen LogP contribution in [-0.4, -0.2) is 0 Å². The predicted molar refractivity (Wildman–Crippen MR) is 108 cm³/mol. The van der Waals surface area contributed by atoms with Crippen molar-refractivity contribution < 1.29 is 8.78 Å². The molecule has 0 unspecified atom stereocenters. The van der Waals surface area contributed by atoms with Crippen LogP contribution >= 0.6 is 0 Å². The molecule has 146 valence electrons. The number of unbranched alkanes of at least 4 members (excludes halogenated alkanes) is 6. The molecule has 26 heavy (non-hydrogen) atoms. The fraction of sp³-hybridized carbons (Fsp3) is 0.667. The summed E-state index contributed by atoms with van der Waals surface area (Å²) in [4.78, 5) is 0. The van der Waals surface area contributed by atoms with Crippen molar-refractivity contribution in [2.45, 2.75) is 96.3 Å². The van der Waals surface area contributed by atoms with Crippen LogP contribution in [0.2, 0.25) is 0 Å². The Kier molecular flexibility index (Phi) is 9.95. The highest BCUT2D eigenvalue weighted by Gasteiger charge is 2.21. The maximum atomic E-state index is 12.2. The predicted octanol–water partition coefficient (Wildman–Crippen LogP) is 8.42. The van der Waals surface area contributed by atoms with Gasteiger partial charge in [0.2, 0.25) is 0 Å². The Morgan fingerprint density at radius 2 is 1.50 bits per heavy atom. The molecule has 2 heteroatoms. The Hall–Kier alpha value is -1.18. The molecule has 0 aromatic heterocycles. The molecule has 0 nitrogen and oxygen atoms in total. The average molecular weight is 363 g/mol. The van der Waals surface area contributed by atoms with E-state index < -0.39 is 6.08 Å². The van der Waals surface area contributed by atoms with E-state index in [1.54, 1.807) is 0 Å². The Labute approximate surface area is 159 Å². The molecule has 0 heterocycles. The Bertz CT molecular complexity index is 506. The molecular weight excluding hydrogens is 326 g/mol. The summed E-state index contributed by atoms with van der Waals surface area (Å²) in [5, 5.41) is 0. The molecule has 0 aliphatic heterocycles. The number of hydrogen-bond acceptors (Lipinski definition) is 0. The van der Waals surface area contributed by atoms with E-state index in [0.29, 0.717) is 12.3 Å². The minimum atomic E-state index is -1.59. The van der Waals surface area contributed by atoms with Gasteiger partial charge >= 0.3 is 0 Å². The molecule has 2 rings (SSSR count). The molecule has 0 saturated heterocycles. The van der Waals surface area contributed by atoms with Gasteiger partial charge in [0.15, 0.2) is 0 Å². The highest BCUT2D eigenvalue weighted by Crippen LogP contribution is 2.37. The highest BCUT2D eigenvalue weighted by atomic mass is 19.3. The van der Waals surface area contributed by atoms with Gasteiger partial charge in [0.1, 0.15) is 0 Å². The third-order valence-electron chi connectivity index (χ3n) is 6.01. The van der Waals surface area contributed by atoms with Crippen molar-refractivity contribution in [1.29, 1.82) is 0 Å². The molecule has 0 spiro atoms. The van der Waals surface area contributed by atoms with Crippen molar-refractivity contribution in [2.75, 3.05) is 0 Å². The van der Waals surface area contributed by atoms with Gasteiger partial charge in [-0.3, -0.25) is 0 Å². The van der Waals surface area contributed by atoms with E-state index in [0.717, 1.165) is 17.6 Å². The van der Waals surface area contributed by atoms with E-state index in [9.17, 15) is 8.78 Å². The fourth-order valence-corrected chi connectivity index (χ4v) is 4.30. The van der Waals surface area contributed by atoms with Crippen LogP contribution in [0.25, 0.3) is 0 Å². The molecule has 1 fully saturated rings. The van der Waals surface area contributed by atoms with Crippen LogP contribution in [0.1, 0.15) is 101 Å². The van der Waals surface area contributed by atoms with Gasteiger partial charge < -0.3 is 0 Å². The lowest BCUT2D eigenvalue weighted by Crippen LogP contribution is -2.13. The summed E-state index contributed by atoms with van der Waals surface area (Å²) in [7, 11) is 0. The monoisotopic (exact) mass is 362 g/mol. The zero-order valence-electron chi connectivity index (χ0n) is 16.5. The molecular formula is C24H36F2. The molecule has 1 aliphatic rings. The number of hydrogen-bond donors (Lipinski definition) is 0. The number of halogens is 2. The Morgan fingerprint density at radius 3 is 2.12 bits per heavy atom. The summed E-state index contributed by atoms with van der Waals surface area (Å²) in [6.07, 6.45) is 16.3. The summed E-state index contributed by atoms with van der Waals surface area (Å²) in [6.45, 7) is 2.27. The van der Waals surface area contributed by atoms with Crippen molar-refractivity contribution in [3.63, 3.8) is 0 Å². The zero-order valence-corrected chi connectivity index (χ0v) is 16.5. The number of benzene rings is 1. The van der Waals surface area contributed by atoms with Crippen LogP contribution in [0.4, 0.5) is 8.78 Å². The van der Waals surface area contributed by atoms with Crippen LogP contribution in [-0.2, 0) is 6.42 Å². The van der Waals surface area contributed by atoms with Gasteiger partial charge in [-0.05, 0) is 61.1 Å². The van der Waals surface area contributed by atoms with Crippen LogP contribution in [0.5, 0.6) is 0 Å². The minimum absolute atomic E-state index is 0.327. The molecule has 0 bridgehead atoms. The molecule has 0 radical (unpaired) electrons. The lowest BCUT2D eigenvalue weighted by atomic mass is 9.77. The van der Waals surface area contributed by atoms with E-state index in [4.69, 9.17) is 0 Å². The second-order valence-corrected chi connectivity index (χ2v) is 8.07. The van der Waals surface area contributed by atoms with Gasteiger partial charge in [0.05, 0.1) is 0 Å². The van der Waals surface area contributed by atoms with Crippen molar-refractivity contribution in [3.8, 4) is 0 Å². The molecule has 1 aliphatic carbocycles. The van der Waals surface area contributed by atoms with Gasteiger partial charge in [-0.15, -0.1) is 0 Å². The first-order valence-electron chi connectivity index (χ1n) is 10.8. The largest absolute Gasteiger partial charge is 0.266 e. The van der Waals surface area contributed by atoms with Crippen LogP contribution in [0.3, 0.4) is 0 Å². The molecule has 1 saturated carbocycles. The summed E-state index contributed by atoms with van der Waals surface area (Å²) < 4.78 is 24.3. The SMILES string of the molecule is CCCCCCCCCC1CCC(c2ccc(CC=C(F)F)cc2)CC1. The number of allylic oxidation sites excluding steroid dienone is 1. The van der Waals surface area contributed by atoms with Crippen LogP contribution in [0.15, 0.2) is 36.4 Å². The summed E-state index contributed by atoms with van der Waals surface area (Å²) >= 11 is 0. The smallest absolute Gasteiger partial charge is 0.174 e. The lowest BCUT2D eigenvalue weighted by Gasteiger charge is -2.29. The second kappa shape index (κ2) is 12.3. The highest BCUT2D eigenvalue weighted by molar-refractivity contribution is 5.27. The molecule has 0 atom stereocenters. The third-order valence-corrected chi connectivity index (χ3v) is 6.01. The molecule has 0 amide bonds. The third kappa shape index (κ3) is 8.01. The van der Waals surface area contributed by atoms with Crippen molar-refractivity contribution >= 4 is 0 Å². The van der Waals surface area contributed by atoms with Crippen LogP contribution in [0, 0.1) is 5.92 Å². The Morgan fingerprint density at radius 1 is 0.885 bits per heavy atom.